The standard InChI is InChI=1S/C22H24N6O2/c1-27-12-14-28(15-13-27)17-7-5-16(6-8-17)25-22(30)20-18(9-11-24-21(20)29)26-19-4-2-3-10-23-19/h2-11H,12-15H2,1H3,(H,25,30)(H2,23,24,26,29). The lowest BCUT2D eigenvalue weighted by atomic mass is 10.2. The zero-order valence-electron chi connectivity index (χ0n) is 16.8. The summed E-state index contributed by atoms with van der Waals surface area (Å²) < 4.78 is 0. The molecule has 0 bridgehead atoms. The van der Waals surface area contributed by atoms with E-state index >= 15 is 0 Å². The number of hydrogen-bond donors (Lipinski definition) is 3. The molecule has 3 N–H and O–H groups in total. The molecule has 1 saturated heterocycles. The van der Waals surface area contributed by atoms with Gasteiger partial charge < -0.3 is 25.4 Å². The molecule has 1 aliphatic rings. The predicted molar refractivity (Wildman–Crippen MR) is 119 cm³/mol. The Morgan fingerprint density at radius 2 is 1.80 bits per heavy atom. The highest BCUT2D eigenvalue weighted by atomic mass is 16.2. The molecule has 0 spiro atoms. The van der Waals surface area contributed by atoms with E-state index in [1.807, 2.05) is 30.3 Å². The maximum absolute atomic E-state index is 12.9. The third-order valence-corrected chi connectivity index (χ3v) is 5.11. The van der Waals surface area contributed by atoms with Crippen molar-refractivity contribution in [2.75, 3.05) is 48.8 Å². The van der Waals surface area contributed by atoms with Crippen LogP contribution in [0.4, 0.5) is 22.9 Å². The van der Waals surface area contributed by atoms with Crippen molar-refractivity contribution in [2.45, 2.75) is 0 Å². The summed E-state index contributed by atoms with van der Waals surface area (Å²) >= 11 is 0. The van der Waals surface area contributed by atoms with Crippen LogP contribution in [0.1, 0.15) is 10.4 Å². The third kappa shape index (κ3) is 4.49. The van der Waals surface area contributed by atoms with Crippen molar-refractivity contribution in [3.05, 3.63) is 76.8 Å². The zero-order valence-corrected chi connectivity index (χ0v) is 16.8. The first kappa shape index (κ1) is 19.7. The highest BCUT2D eigenvalue weighted by molar-refractivity contribution is 6.08. The van der Waals surface area contributed by atoms with Crippen molar-refractivity contribution in [2.24, 2.45) is 0 Å². The summed E-state index contributed by atoms with van der Waals surface area (Å²) in [4.78, 5) is 36.6. The van der Waals surface area contributed by atoms with E-state index < -0.39 is 11.5 Å². The van der Waals surface area contributed by atoms with Crippen LogP contribution in [0.15, 0.2) is 65.7 Å². The quantitative estimate of drug-likeness (QED) is 0.605. The van der Waals surface area contributed by atoms with Gasteiger partial charge in [0, 0.05) is 49.9 Å². The highest BCUT2D eigenvalue weighted by Gasteiger charge is 2.18. The van der Waals surface area contributed by atoms with E-state index in [0.29, 0.717) is 17.2 Å². The number of likely N-dealkylation sites (N-methyl/N-ethyl adjacent to an activating group) is 1. The van der Waals surface area contributed by atoms with Gasteiger partial charge in [-0.1, -0.05) is 6.07 Å². The summed E-state index contributed by atoms with van der Waals surface area (Å²) in [6, 6.07) is 14.7. The number of amides is 1. The Labute approximate surface area is 174 Å². The van der Waals surface area contributed by atoms with E-state index in [9.17, 15) is 9.59 Å². The summed E-state index contributed by atoms with van der Waals surface area (Å²) in [7, 11) is 2.12. The Bertz CT molecular complexity index is 1060. The van der Waals surface area contributed by atoms with Crippen LogP contribution in [0.25, 0.3) is 0 Å². The summed E-state index contributed by atoms with van der Waals surface area (Å²) in [5.74, 6) is 0.0660. The Hall–Kier alpha value is -3.65. The minimum Gasteiger partial charge on any atom is -0.369 e. The first-order valence-corrected chi connectivity index (χ1v) is 9.85. The van der Waals surface area contributed by atoms with Gasteiger partial charge >= 0.3 is 0 Å². The lowest BCUT2D eigenvalue weighted by Crippen LogP contribution is -2.44. The first-order chi connectivity index (χ1) is 14.6. The van der Waals surface area contributed by atoms with Gasteiger partial charge in [0.2, 0.25) is 0 Å². The molecule has 4 rings (SSSR count). The molecule has 1 aliphatic heterocycles. The van der Waals surface area contributed by atoms with Crippen molar-refractivity contribution < 1.29 is 4.79 Å². The van der Waals surface area contributed by atoms with E-state index in [1.165, 1.54) is 6.20 Å². The fourth-order valence-electron chi connectivity index (χ4n) is 3.40. The van der Waals surface area contributed by atoms with Crippen molar-refractivity contribution in [3.63, 3.8) is 0 Å². The number of aromatic nitrogens is 2. The first-order valence-electron chi connectivity index (χ1n) is 9.85. The molecule has 0 unspecified atom stereocenters. The molecule has 1 fully saturated rings. The van der Waals surface area contributed by atoms with Crippen molar-refractivity contribution in [1.29, 1.82) is 0 Å². The second-order valence-corrected chi connectivity index (χ2v) is 7.23. The monoisotopic (exact) mass is 404 g/mol. The second-order valence-electron chi connectivity index (χ2n) is 7.23. The van der Waals surface area contributed by atoms with Gasteiger partial charge in [0.05, 0.1) is 5.69 Å². The Balaban J connectivity index is 1.49. The van der Waals surface area contributed by atoms with E-state index in [2.05, 4.69) is 37.4 Å². The molecule has 8 heteroatoms. The average Bonchev–Trinajstić information content (AvgIpc) is 2.76. The molecular formula is C22H24N6O2. The van der Waals surface area contributed by atoms with Crippen molar-refractivity contribution in [1.82, 2.24) is 14.9 Å². The van der Waals surface area contributed by atoms with E-state index in [0.717, 1.165) is 31.9 Å². The number of carbonyl (C=O) groups excluding carboxylic acids is 1. The highest BCUT2D eigenvalue weighted by Crippen LogP contribution is 2.21. The number of rotatable bonds is 5. The van der Waals surface area contributed by atoms with Crippen molar-refractivity contribution in [3.8, 4) is 0 Å². The normalized spacial score (nSPS) is 14.4. The number of anilines is 4. The van der Waals surface area contributed by atoms with Crippen LogP contribution in [0.2, 0.25) is 0 Å². The van der Waals surface area contributed by atoms with E-state index in [1.54, 1.807) is 24.4 Å². The number of hydrogen-bond acceptors (Lipinski definition) is 6. The summed E-state index contributed by atoms with van der Waals surface area (Å²) in [6.07, 6.45) is 3.13. The van der Waals surface area contributed by atoms with Crippen LogP contribution < -0.4 is 21.1 Å². The fourth-order valence-corrected chi connectivity index (χ4v) is 3.40. The smallest absolute Gasteiger partial charge is 0.263 e. The maximum Gasteiger partial charge on any atom is 0.263 e. The largest absolute Gasteiger partial charge is 0.369 e. The maximum atomic E-state index is 12.9. The van der Waals surface area contributed by atoms with Gasteiger partial charge in [-0.25, -0.2) is 4.98 Å². The van der Waals surface area contributed by atoms with Crippen LogP contribution >= 0.6 is 0 Å². The minimum atomic E-state index is -0.484. The average molecular weight is 404 g/mol. The molecule has 8 nitrogen and oxygen atoms in total. The van der Waals surface area contributed by atoms with Gasteiger partial charge in [-0.15, -0.1) is 0 Å². The van der Waals surface area contributed by atoms with Crippen LogP contribution in [-0.2, 0) is 0 Å². The number of carbonyl (C=O) groups is 1. The van der Waals surface area contributed by atoms with Gasteiger partial charge in [-0.2, -0.15) is 0 Å². The van der Waals surface area contributed by atoms with Gasteiger partial charge in [-0.05, 0) is 49.5 Å². The Kier molecular flexibility index (Phi) is 5.76. The van der Waals surface area contributed by atoms with Crippen molar-refractivity contribution >= 4 is 28.8 Å². The van der Waals surface area contributed by atoms with Gasteiger partial charge in [0.15, 0.2) is 0 Å². The molecule has 0 saturated carbocycles. The Morgan fingerprint density at radius 1 is 1.03 bits per heavy atom. The predicted octanol–water partition coefficient (Wildman–Crippen LogP) is 2.52. The zero-order chi connectivity index (χ0) is 20.9. The lowest BCUT2D eigenvalue weighted by Gasteiger charge is -2.34. The molecule has 0 radical (unpaired) electrons. The summed E-state index contributed by atoms with van der Waals surface area (Å²) in [6.45, 7) is 4.01. The molecule has 30 heavy (non-hydrogen) atoms. The van der Waals surface area contributed by atoms with Gasteiger partial charge in [-0.3, -0.25) is 9.59 Å². The number of piperazine rings is 1. The fraction of sp³-hybridized carbons (Fsp3) is 0.227. The molecule has 1 aromatic carbocycles. The number of nitrogens with one attached hydrogen (secondary N) is 3. The number of aromatic amines is 1. The molecule has 0 atom stereocenters. The van der Waals surface area contributed by atoms with Gasteiger partial charge in [0.1, 0.15) is 11.4 Å². The number of H-pyrrole nitrogens is 1. The lowest BCUT2D eigenvalue weighted by molar-refractivity contribution is 0.102. The van der Waals surface area contributed by atoms with E-state index in [-0.39, 0.29) is 5.56 Å². The molecule has 154 valence electrons. The Morgan fingerprint density at radius 3 is 2.50 bits per heavy atom. The SMILES string of the molecule is CN1CCN(c2ccc(NC(=O)c3c(Nc4ccccn4)cc[nH]c3=O)cc2)CC1. The molecule has 0 aliphatic carbocycles. The molecule has 2 aromatic heterocycles. The van der Waals surface area contributed by atoms with Crippen LogP contribution in [-0.4, -0.2) is 54.0 Å². The van der Waals surface area contributed by atoms with Crippen LogP contribution in [0.3, 0.4) is 0 Å². The number of benzene rings is 1. The molecule has 1 amide bonds. The summed E-state index contributed by atoms with van der Waals surface area (Å²) in [5.41, 5.74) is 1.68. The minimum absolute atomic E-state index is 0.00583. The van der Waals surface area contributed by atoms with Crippen LogP contribution in [0.5, 0.6) is 0 Å². The second kappa shape index (κ2) is 8.79. The number of pyridine rings is 2. The number of nitrogens with zero attached hydrogens (tertiary/aromatic N) is 3. The molecular weight excluding hydrogens is 380 g/mol. The van der Waals surface area contributed by atoms with Crippen LogP contribution in [0, 0.1) is 0 Å². The summed E-state index contributed by atoms with van der Waals surface area (Å²) in [5, 5.41) is 5.85. The topological polar surface area (TPSA) is 93.4 Å². The van der Waals surface area contributed by atoms with Gasteiger partial charge in [0.25, 0.3) is 11.5 Å². The molecule has 3 heterocycles. The molecule has 3 aromatic rings. The third-order valence-electron chi connectivity index (χ3n) is 5.11. The van der Waals surface area contributed by atoms with E-state index in [4.69, 9.17) is 0 Å².